The first-order chi connectivity index (χ1) is 9.92. The van der Waals surface area contributed by atoms with Crippen LogP contribution in [0.2, 0.25) is 4.34 Å². The molecule has 21 heavy (non-hydrogen) atoms. The SMILES string of the molecule is O=S(=O)(Nc1ccc(C#CCO)cc1F)c1ccc(Cl)s1. The number of aliphatic hydroxyl groups is 1. The van der Waals surface area contributed by atoms with E-state index in [4.69, 9.17) is 16.7 Å². The Kier molecular flexibility index (Phi) is 4.85. The standard InChI is InChI=1S/C13H9ClFNO3S2/c14-12-5-6-13(20-12)21(18,19)16-11-4-3-9(2-1-7-17)8-10(11)15/h3-6,8,16-17H,7H2. The number of thiophene rings is 1. The highest BCUT2D eigenvalue weighted by atomic mass is 35.5. The quantitative estimate of drug-likeness (QED) is 0.840. The van der Waals surface area contributed by atoms with Gasteiger partial charge in [-0.15, -0.1) is 11.3 Å². The van der Waals surface area contributed by atoms with Gasteiger partial charge in [0.2, 0.25) is 0 Å². The van der Waals surface area contributed by atoms with E-state index in [1.165, 1.54) is 24.3 Å². The van der Waals surface area contributed by atoms with E-state index in [1.54, 1.807) is 0 Å². The molecule has 1 aromatic heterocycles. The van der Waals surface area contributed by atoms with E-state index in [-0.39, 0.29) is 16.5 Å². The highest BCUT2D eigenvalue weighted by Crippen LogP contribution is 2.28. The van der Waals surface area contributed by atoms with Gasteiger partial charge < -0.3 is 5.11 Å². The fourth-order valence-corrected chi connectivity index (χ4v) is 4.00. The fourth-order valence-electron chi connectivity index (χ4n) is 1.45. The Morgan fingerprint density at radius 3 is 2.67 bits per heavy atom. The number of rotatable bonds is 3. The van der Waals surface area contributed by atoms with Gasteiger partial charge in [-0.3, -0.25) is 4.72 Å². The van der Waals surface area contributed by atoms with Crippen molar-refractivity contribution in [1.29, 1.82) is 0 Å². The van der Waals surface area contributed by atoms with Crippen LogP contribution in [0.15, 0.2) is 34.5 Å². The minimum atomic E-state index is -3.88. The van der Waals surface area contributed by atoms with Gasteiger partial charge in [0.1, 0.15) is 16.6 Å². The Labute approximate surface area is 130 Å². The average Bonchev–Trinajstić information content (AvgIpc) is 2.86. The van der Waals surface area contributed by atoms with E-state index < -0.39 is 15.8 Å². The third-order valence-corrected chi connectivity index (χ3v) is 5.43. The summed E-state index contributed by atoms with van der Waals surface area (Å²) in [4.78, 5) is 0. The van der Waals surface area contributed by atoms with E-state index >= 15 is 0 Å². The molecular formula is C13H9ClFNO3S2. The van der Waals surface area contributed by atoms with Crippen LogP contribution in [0.5, 0.6) is 0 Å². The number of nitrogens with one attached hydrogen (secondary N) is 1. The summed E-state index contributed by atoms with van der Waals surface area (Å²) in [6, 6.07) is 6.59. The van der Waals surface area contributed by atoms with Crippen molar-refractivity contribution in [3.63, 3.8) is 0 Å². The molecule has 1 heterocycles. The molecule has 0 unspecified atom stereocenters. The summed E-state index contributed by atoms with van der Waals surface area (Å²) in [5.41, 5.74) is 0.151. The van der Waals surface area contributed by atoms with Crippen LogP contribution in [-0.2, 0) is 10.0 Å². The molecule has 2 aromatic rings. The summed E-state index contributed by atoms with van der Waals surface area (Å²) < 4.78 is 40.4. The van der Waals surface area contributed by atoms with Crippen LogP contribution in [0.25, 0.3) is 0 Å². The summed E-state index contributed by atoms with van der Waals surface area (Å²) >= 11 is 6.56. The average molecular weight is 346 g/mol. The van der Waals surface area contributed by atoms with Gasteiger partial charge in [0.05, 0.1) is 10.0 Å². The second-order valence-corrected chi connectivity index (χ2v) is 7.44. The van der Waals surface area contributed by atoms with Crippen LogP contribution >= 0.6 is 22.9 Å². The number of halogens is 2. The van der Waals surface area contributed by atoms with Gasteiger partial charge in [-0.1, -0.05) is 23.4 Å². The van der Waals surface area contributed by atoms with Gasteiger partial charge in [0.15, 0.2) is 0 Å². The first kappa shape index (κ1) is 15.8. The molecule has 8 heteroatoms. The molecule has 0 aliphatic rings. The molecule has 1 aromatic carbocycles. The van der Waals surface area contributed by atoms with Gasteiger partial charge in [-0.25, -0.2) is 12.8 Å². The minimum Gasteiger partial charge on any atom is -0.384 e. The molecule has 0 fully saturated rings. The first-order valence-electron chi connectivity index (χ1n) is 5.60. The summed E-state index contributed by atoms with van der Waals surface area (Å²) in [7, 11) is -3.88. The van der Waals surface area contributed by atoms with Gasteiger partial charge in [0, 0.05) is 5.56 Å². The number of sulfonamides is 1. The lowest BCUT2D eigenvalue weighted by Gasteiger charge is -2.07. The van der Waals surface area contributed by atoms with E-state index in [9.17, 15) is 12.8 Å². The van der Waals surface area contributed by atoms with Crippen molar-refractivity contribution in [1.82, 2.24) is 0 Å². The summed E-state index contributed by atoms with van der Waals surface area (Å²) in [5.74, 6) is 4.14. The predicted octanol–water partition coefficient (Wildman–Crippen LogP) is 2.69. The van der Waals surface area contributed by atoms with Crippen LogP contribution in [0.3, 0.4) is 0 Å². The summed E-state index contributed by atoms with van der Waals surface area (Å²) in [5, 5.41) is 8.56. The maximum Gasteiger partial charge on any atom is 0.271 e. The van der Waals surface area contributed by atoms with Crippen molar-refractivity contribution in [3.05, 3.63) is 46.0 Å². The molecule has 0 atom stereocenters. The van der Waals surface area contributed by atoms with E-state index in [0.717, 1.165) is 17.4 Å². The maximum absolute atomic E-state index is 13.8. The molecular weight excluding hydrogens is 337 g/mol. The molecule has 2 rings (SSSR count). The van der Waals surface area contributed by atoms with Crippen molar-refractivity contribution < 1.29 is 17.9 Å². The lowest BCUT2D eigenvalue weighted by atomic mass is 10.2. The lowest BCUT2D eigenvalue weighted by molar-refractivity contribution is 0.350. The molecule has 0 bridgehead atoms. The Hall–Kier alpha value is -1.59. The largest absolute Gasteiger partial charge is 0.384 e. The van der Waals surface area contributed by atoms with Crippen LogP contribution in [0.1, 0.15) is 5.56 Å². The van der Waals surface area contributed by atoms with Crippen molar-refractivity contribution in [2.75, 3.05) is 11.3 Å². The van der Waals surface area contributed by atoms with Crippen molar-refractivity contribution in [2.24, 2.45) is 0 Å². The zero-order chi connectivity index (χ0) is 15.5. The highest BCUT2D eigenvalue weighted by molar-refractivity contribution is 7.94. The number of aliphatic hydroxyl groups excluding tert-OH is 1. The summed E-state index contributed by atoms with van der Waals surface area (Å²) in [6.07, 6.45) is 0. The van der Waals surface area contributed by atoms with E-state index in [0.29, 0.717) is 9.90 Å². The van der Waals surface area contributed by atoms with Crippen molar-refractivity contribution in [2.45, 2.75) is 4.21 Å². The van der Waals surface area contributed by atoms with Crippen LogP contribution in [-0.4, -0.2) is 20.1 Å². The Bertz CT molecular complexity index is 821. The van der Waals surface area contributed by atoms with Crippen molar-refractivity contribution >= 4 is 38.6 Å². The third kappa shape index (κ3) is 3.95. The second kappa shape index (κ2) is 6.45. The Morgan fingerprint density at radius 2 is 2.10 bits per heavy atom. The third-order valence-electron chi connectivity index (χ3n) is 2.34. The molecule has 0 aliphatic heterocycles. The van der Waals surface area contributed by atoms with Gasteiger partial charge >= 0.3 is 0 Å². The van der Waals surface area contributed by atoms with E-state index in [2.05, 4.69) is 16.6 Å². The Morgan fingerprint density at radius 1 is 1.33 bits per heavy atom. The van der Waals surface area contributed by atoms with Crippen LogP contribution < -0.4 is 4.72 Å². The highest BCUT2D eigenvalue weighted by Gasteiger charge is 2.18. The normalized spacial score (nSPS) is 10.8. The molecule has 4 nitrogen and oxygen atoms in total. The molecule has 0 aliphatic carbocycles. The van der Waals surface area contributed by atoms with Gasteiger partial charge in [-0.05, 0) is 30.3 Å². The zero-order valence-electron chi connectivity index (χ0n) is 10.4. The maximum atomic E-state index is 13.8. The van der Waals surface area contributed by atoms with Gasteiger partial charge in [-0.2, -0.15) is 0 Å². The monoisotopic (exact) mass is 345 g/mol. The molecule has 0 saturated heterocycles. The smallest absolute Gasteiger partial charge is 0.271 e. The number of hydrogen-bond acceptors (Lipinski definition) is 4. The van der Waals surface area contributed by atoms with E-state index in [1.807, 2.05) is 0 Å². The number of anilines is 1. The van der Waals surface area contributed by atoms with Crippen molar-refractivity contribution in [3.8, 4) is 11.8 Å². The molecule has 110 valence electrons. The molecule has 2 N–H and O–H groups in total. The first-order valence-corrected chi connectivity index (χ1v) is 8.27. The Balaban J connectivity index is 2.27. The fraction of sp³-hybridized carbons (Fsp3) is 0.0769. The summed E-state index contributed by atoms with van der Waals surface area (Å²) in [6.45, 7) is -0.338. The lowest BCUT2D eigenvalue weighted by Crippen LogP contribution is -2.12. The van der Waals surface area contributed by atoms with Gasteiger partial charge in [0.25, 0.3) is 10.0 Å². The second-order valence-electron chi connectivity index (χ2n) is 3.82. The molecule has 0 saturated carbocycles. The molecule has 0 amide bonds. The van der Waals surface area contributed by atoms with Crippen LogP contribution in [0, 0.1) is 17.7 Å². The molecule has 0 radical (unpaired) electrons. The van der Waals surface area contributed by atoms with Crippen LogP contribution in [0.4, 0.5) is 10.1 Å². The number of benzene rings is 1. The zero-order valence-corrected chi connectivity index (χ0v) is 12.8. The topological polar surface area (TPSA) is 66.4 Å². The predicted molar refractivity (Wildman–Crippen MR) is 80.5 cm³/mol. The number of hydrogen-bond donors (Lipinski definition) is 2. The molecule has 0 spiro atoms. The minimum absolute atomic E-state index is 0.00366.